The maximum Gasteiger partial charge on any atom is 0.348 e. The second-order valence-corrected chi connectivity index (χ2v) is 5.91. The highest BCUT2D eigenvalue weighted by Crippen LogP contribution is 2.37. The zero-order chi connectivity index (χ0) is 15.2. The molecule has 0 spiro atoms. The number of aliphatic hydroxyl groups is 1. The lowest BCUT2D eigenvalue weighted by molar-refractivity contribution is -0.0421. The van der Waals surface area contributed by atoms with Gasteiger partial charge in [0.15, 0.2) is 0 Å². The van der Waals surface area contributed by atoms with Gasteiger partial charge in [-0.05, 0) is 12.5 Å². The van der Waals surface area contributed by atoms with Crippen LogP contribution in [-0.4, -0.2) is 66.9 Å². The van der Waals surface area contributed by atoms with Crippen molar-refractivity contribution in [2.24, 2.45) is 0 Å². The molecule has 3 N–H and O–H groups in total. The van der Waals surface area contributed by atoms with Gasteiger partial charge < -0.3 is 29.1 Å². The summed E-state index contributed by atoms with van der Waals surface area (Å²) >= 11 is 0. The Labute approximate surface area is 119 Å². The summed E-state index contributed by atoms with van der Waals surface area (Å²) in [5.41, 5.74) is 0. The van der Waals surface area contributed by atoms with Gasteiger partial charge in [0.05, 0.1) is 13.2 Å². The molecule has 1 aliphatic rings. The maximum atomic E-state index is 10.7. The van der Waals surface area contributed by atoms with Crippen LogP contribution in [0.3, 0.4) is 0 Å². The molecule has 0 saturated carbocycles. The van der Waals surface area contributed by atoms with E-state index >= 15 is 0 Å². The van der Waals surface area contributed by atoms with Crippen molar-refractivity contribution in [3.05, 3.63) is 11.9 Å². The van der Waals surface area contributed by atoms with E-state index in [2.05, 4.69) is 0 Å². The largest absolute Gasteiger partial charge is 0.387 e. The lowest BCUT2D eigenvalue weighted by Gasteiger charge is -2.18. The molecule has 1 unspecified atom stereocenters. The van der Waals surface area contributed by atoms with Gasteiger partial charge in [0, 0.05) is 18.4 Å². The van der Waals surface area contributed by atoms with Crippen LogP contribution >= 0.6 is 7.60 Å². The summed E-state index contributed by atoms with van der Waals surface area (Å²) in [6, 6.07) is -0.859. The first-order valence-electron chi connectivity index (χ1n) is 6.38. The Morgan fingerprint density at radius 1 is 1.35 bits per heavy atom. The minimum atomic E-state index is -4.29. The molecule has 1 heterocycles. The van der Waals surface area contributed by atoms with E-state index in [4.69, 9.17) is 31.8 Å². The summed E-state index contributed by atoms with van der Waals surface area (Å²) < 4.78 is 26.5. The van der Waals surface area contributed by atoms with E-state index in [0.29, 0.717) is 19.0 Å². The quantitative estimate of drug-likeness (QED) is 0.322. The minimum absolute atomic E-state index is 0.258. The molecule has 1 fully saturated rings. The second kappa shape index (κ2) is 8.29. The van der Waals surface area contributed by atoms with Gasteiger partial charge in [0.2, 0.25) is 0 Å². The van der Waals surface area contributed by atoms with E-state index in [1.165, 1.54) is 0 Å². The standard InChI is InChI=1S/C11H20BO7P/c1-2-4-17-5-6-18-10-9(13)8(19-11(10)12)3-7-20(14,15)16/h3,7-11,13H,2,4-6H2,1H3,(H2,14,15,16)/b7-3+/t8-,9+,10?,11-/m1/s1. The number of hydrogen-bond donors (Lipinski definition) is 3. The molecule has 20 heavy (non-hydrogen) atoms. The molecule has 7 nitrogen and oxygen atoms in total. The summed E-state index contributed by atoms with van der Waals surface area (Å²) in [6.07, 6.45) is -0.739. The number of rotatable bonds is 8. The van der Waals surface area contributed by atoms with Crippen molar-refractivity contribution in [3.63, 3.8) is 0 Å². The Kier molecular flexibility index (Phi) is 7.40. The summed E-state index contributed by atoms with van der Waals surface area (Å²) in [4.78, 5) is 17.5. The van der Waals surface area contributed by atoms with Crippen molar-refractivity contribution in [2.45, 2.75) is 37.7 Å². The van der Waals surface area contributed by atoms with E-state index in [9.17, 15) is 9.67 Å². The maximum absolute atomic E-state index is 10.7. The highest BCUT2D eigenvalue weighted by atomic mass is 31.2. The molecule has 114 valence electrons. The van der Waals surface area contributed by atoms with Gasteiger partial charge in [0.1, 0.15) is 26.2 Å². The van der Waals surface area contributed by atoms with Crippen LogP contribution in [0.15, 0.2) is 11.9 Å². The molecule has 2 radical (unpaired) electrons. The Hall–Kier alpha value is -0.205. The zero-order valence-corrected chi connectivity index (χ0v) is 12.2. The third kappa shape index (κ3) is 6.05. The Bertz CT molecular complexity index is 359. The Balaban J connectivity index is 2.42. The predicted molar refractivity (Wildman–Crippen MR) is 72.5 cm³/mol. The molecular formula is C11H20BO7P. The first kappa shape index (κ1) is 17.8. The van der Waals surface area contributed by atoms with Crippen molar-refractivity contribution in [1.29, 1.82) is 0 Å². The van der Waals surface area contributed by atoms with Crippen molar-refractivity contribution in [3.8, 4) is 0 Å². The van der Waals surface area contributed by atoms with Crippen LogP contribution < -0.4 is 0 Å². The minimum Gasteiger partial charge on any atom is -0.387 e. The van der Waals surface area contributed by atoms with Crippen LogP contribution in [0.1, 0.15) is 13.3 Å². The summed E-state index contributed by atoms with van der Waals surface area (Å²) in [5.74, 6) is 0.681. The van der Waals surface area contributed by atoms with Crippen molar-refractivity contribution >= 4 is 15.4 Å². The van der Waals surface area contributed by atoms with Crippen LogP contribution in [0.5, 0.6) is 0 Å². The first-order valence-corrected chi connectivity index (χ1v) is 8.06. The van der Waals surface area contributed by atoms with Crippen LogP contribution in [0.2, 0.25) is 0 Å². The van der Waals surface area contributed by atoms with Gasteiger partial charge in [-0.1, -0.05) is 6.92 Å². The lowest BCUT2D eigenvalue weighted by Crippen LogP contribution is -2.36. The van der Waals surface area contributed by atoms with Crippen molar-refractivity contribution < 1.29 is 33.7 Å². The third-order valence-electron chi connectivity index (χ3n) is 2.67. The molecule has 1 aliphatic heterocycles. The molecule has 1 rings (SSSR count). The normalized spacial score (nSPS) is 31.2. The van der Waals surface area contributed by atoms with Gasteiger partial charge in [-0.2, -0.15) is 0 Å². The van der Waals surface area contributed by atoms with Crippen molar-refractivity contribution in [1.82, 2.24) is 0 Å². The summed E-state index contributed by atoms with van der Waals surface area (Å²) in [7, 11) is 1.37. The molecule has 0 bridgehead atoms. The van der Waals surface area contributed by atoms with Crippen LogP contribution in [0, 0.1) is 0 Å². The van der Waals surface area contributed by atoms with Crippen molar-refractivity contribution in [2.75, 3.05) is 19.8 Å². The molecule has 9 heteroatoms. The fourth-order valence-electron chi connectivity index (χ4n) is 1.76. The number of hydrogen-bond acceptors (Lipinski definition) is 5. The molecule has 0 aromatic rings. The average Bonchev–Trinajstić information content (AvgIpc) is 2.62. The Morgan fingerprint density at radius 2 is 2.05 bits per heavy atom. The summed E-state index contributed by atoms with van der Waals surface area (Å²) in [5, 5.41) is 9.94. The van der Waals surface area contributed by atoms with E-state index in [1.54, 1.807) is 0 Å². The molecule has 0 aliphatic carbocycles. The Morgan fingerprint density at radius 3 is 2.65 bits per heavy atom. The van der Waals surface area contributed by atoms with E-state index in [0.717, 1.165) is 12.5 Å². The van der Waals surface area contributed by atoms with Gasteiger partial charge in [-0.25, -0.2) is 0 Å². The topological polar surface area (TPSA) is 105 Å². The van der Waals surface area contributed by atoms with Gasteiger partial charge >= 0.3 is 7.60 Å². The first-order chi connectivity index (χ1) is 9.35. The SMILES string of the molecule is [B][C@@H]1O[C@H](/C=C/P(=O)(O)O)[C@H](O)C1OCCOCCC. The highest BCUT2D eigenvalue weighted by Gasteiger charge is 2.40. The monoisotopic (exact) mass is 306 g/mol. The molecular weight excluding hydrogens is 286 g/mol. The molecule has 0 aromatic heterocycles. The molecule has 0 amide bonds. The van der Waals surface area contributed by atoms with Crippen LogP contribution in [0.25, 0.3) is 0 Å². The molecule has 0 aromatic carbocycles. The number of ether oxygens (including phenoxy) is 3. The highest BCUT2D eigenvalue weighted by molar-refractivity contribution is 7.55. The van der Waals surface area contributed by atoms with Gasteiger partial charge in [0.25, 0.3) is 0 Å². The molecule has 4 atom stereocenters. The third-order valence-corrected chi connectivity index (χ3v) is 3.23. The average molecular weight is 306 g/mol. The van der Waals surface area contributed by atoms with E-state index < -0.39 is 31.9 Å². The molecule has 1 saturated heterocycles. The van der Waals surface area contributed by atoms with Gasteiger partial charge in [-0.3, -0.25) is 4.57 Å². The van der Waals surface area contributed by atoms with Crippen LogP contribution in [-0.2, 0) is 18.8 Å². The lowest BCUT2D eigenvalue weighted by atomic mass is 9.93. The van der Waals surface area contributed by atoms with E-state index in [1.807, 2.05) is 6.92 Å². The second-order valence-electron chi connectivity index (χ2n) is 4.43. The van der Waals surface area contributed by atoms with Gasteiger partial charge in [-0.15, -0.1) is 0 Å². The summed E-state index contributed by atoms with van der Waals surface area (Å²) in [6.45, 7) is 3.26. The predicted octanol–water partition coefficient (Wildman–Crippen LogP) is -0.256. The van der Waals surface area contributed by atoms with E-state index in [-0.39, 0.29) is 6.61 Å². The zero-order valence-electron chi connectivity index (χ0n) is 11.3. The smallest absolute Gasteiger partial charge is 0.348 e. The fourth-order valence-corrected chi connectivity index (χ4v) is 2.15. The van der Waals surface area contributed by atoms with Crippen LogP contribution in [0.4, 0.5) is 0 Å². The fraction of sp³-hybridized carbons (Fsp3) is 0.818. The number of aliphatic hydroxyl groups excluding tert-OH is 1.